The third kappa shape index (κ3) is 7.78. The maximum atomic E-state index is 13.2. The van der Waals surface area contributed by atoms with Crippen molar-refractivity contribution >= 4 is 42.0 Å². The molecule has 0 unspecified atom stereocenters. The van der Waals surface area contributed by atoms with Crippen molar-refractivity contribution in [2.24, 2.45) is 0 Å². The minimum Gasteiger partial charge on any atom is -0.206 e. The molecule has 2 rings (SSSR count). The third-order valence-electron chi connectivity index (χ3n) is 4.71. The van der Waals surface area contributed by atoms with E-state index in [1.807, 2.05) is 0 Å². The van der Waals surface area contributed by atoms with Gasteiger partial charge in [-0.15, -0.1) is 7.42 Å². The molecule has 0 amide bonds. The van der Waals surface area contributed by atoms with Gasteiger partial charge in [0, 0.05) is 35.0 Å². The molecule has 178 valence electrons. The van der Waals surface area contributed by atoms with Gasteiger partial charge >= 0.3 is 0 Å². The maximum absolute atomic E-state index is 13.2. The molecule has 0 atom stereocenters. The van der Waals surface area contributed by atoms with Crippen LogP contribution < -0.4 is 0 Å². The van der Waals surface area contributed by atoms with Crippen LogP contribution in [0.15, 0.2) is 70.5 Å². The maximum Gasteiger partial charge on any atom is 0.253 e. The Morgan fingerprint density at radius 1 is 0.594 bits per heavy atom. The van der Waals surface area contributed by atoms with Crippen LogP contribution >= 0.6 is 22.0 Å². The van der Waals surface area contributed by atoms with Crippen molar-refractivity contribution in [3.05, 3.63) is 60.7 Å². The van der Waals surface area contributed by atoms with E-state index < -0.39 is 20.0 Å². The van der Waals surface area contributed by atoms with E-state index in [9.17, 15) is 16.8 Å². The smallest absolute Gasteiger partial charge is 0.206 e. The summed E-state index contributed by atoms with van der Waals surface area (Å²) in [5.74, 6) is 0. The highest BCUT2D eigenvalue weighted by Crippen LogP contribution is 2.38. The van der Waals surface area contributed by atoms with Gasteiger partial charge in [-0.3, -0.25) is 0 Å². The fraction of sp³-hybridized carbons (Fsp3) is 0.455. The standard InChI is InChI=1S/C22H32N2O4S4/c1-3-5-13-19-23(31(25,26)21-15-9-7-10-16-21)29-30-24(20-14-6-4-2)32(27,28)22-17-11-8-12-18-22/h7-12,15-18H,3-6,13-14,19-20H2,1-2H3. The largest absolute Gasteiger partial charge is 0.253 e. The second kappa shape index (κ2) is 13.6. The summed E-state index contributed by atoms with van der Waals surface area (Å²) < 4.78 is 55.6. The van der Waals surface area contributed by atoms with Crippen molar-refractivity contribution in [3.63, 3.8) is 0 Å². The number of hydrogen-bond donors (Lipinski definition) is 0. The zero-order chi connectivity index (χ0) is 23.5. The lowest BCUT2D eigenvalue weighted by Gasteiger charge is -2.25. The van der Waals surface area contributed by atoms with Gasteiger partial charge in [-0.1, -0.05) is 75.9 Å². The highest BCUT2D eigenvalue weighted by Gasteiger charge is 2.30. The molecule has 0 aliphatic heterocycles. The summed E-state index contributed by atoms with van der Waals surface area (Å²) in [5.41, 5.74) is 0. The molecular formula is C22H32N2O4S4. The number of unbranched alkanes of at least 4 members (excludes halogenated alkanes) is 4. The van der Waals surface area contributed by atoms with Gasteiger partial charge in [0.2, 0.25) is 0 Å². The summed E-state index contributed by atoms with van der Waals surface area (Å²) in [5, 5.41) is 0. The Hall–Kier alpha value is -1.04. The van der Waals surface area contributed by atoms with Gasteiger partial charge in [-0.2, -0.15) is 0 Å². The van der Waals surface area contributed by atoms with E-state index in [-0.39, 0.29) is 9.79 Å². The Labute approximate surface area is 201 Å². The fourth-order valence-electron chi connectivity index (χ4n) is 2.87. The van der Waals surface area contributed by atoms with Crippen LogP contribution in [0.5, 0.6) is 0 Å². The van der Waals surface area contributed by atoms with Crippen LogP contribution in [0, 0.1) is 0 Å². The molecule has 0 heterocycles. The Morgan fingerprint density at radius 3 is 1.25 bits per heavy atom. The lowest BCUT2D eigenvalue weighted by molar-refractivity contribution is 0.524. The van der Waals surface area contributed by atoms with Gasteiger partial charge in [0.1, 0.15) is 0 Å². The molecule has 0 aliphatic carbocycles. The number of rotatable bonds is 15. The van der Waals surface area contributed by atoms with Crippen molar-refractivity contribution in [2.45, 2.75) is 62.2 Å². The lowest BCUT2D eigenvalue weighted by Crippen LogP contribution is -2.29. The van der Waals surface area contributed by atoms with Crippen LogP contribution in [0.2, 0.25) is 0 Å². The third-order valence-corrected chi connectivity index (χ3v) is 12.1. The molecule has 0 spiro atoms. The summed E-state index contributed by atoms with van der Waals surface area (Å²) >= 11 is 0. The molecular weight excluding hydrogens is 485 g/mol. The molecule has 2 aromatic carbocycles. The van der Waals surface area contributed by atoms with Gasteiger partial charge < -0.3 is 0 Å². The van der Waals surface area contributed by atoms with E-state index in [4.69, 9.17) is 0 Å². The number of sulfonamides is 2. The van der Waals surface area contributed by atoms with Crippen molar-refractivity contribution in [1.82, 2.24) is 7.42 Å². The Bertz CT molecular complexity index is 917. The summed E-state index contributed by atoms with van der Waals surface area (Å²) in [6, 6.07) is 16.5. The van der Waals surface area contributed by atoms with Gasteiger partial charge in [0.25, 0.3) is 20.0 Å². The van der Waals surface area contributed by atoms with E-state index in [0.29, 0.717) is 25.9 Å². The second-order valence-corrected chi connectivity index (χ2v) is 13.5. The molecule has 0 saturated heterocycles. The first-order valence-corrected chi connectivity index (χ1v) is 15.8. The molecule has 0 radical (unpaired) electrons. The SMILES string of the molecule is CCCCCN(SSN(CCCCC)S(=O)(=O)c1ccccc1)S(=O)(=O)c1ccccc1. The van der Waals surface area contributed by atoms with Crippen molar-refractivity contribution in [3.8, 4) is 0 Å². The molecule has 0 fully saturated rings. The average molecular weight is 517 g/mol. The number of benzene rings is 2. The van der Waals surface area contributed by atoms with Crippen molar-refractivity contribution in [2.75, 3.05) is 13.1 Å². The van der Waals surface area contributed by atoms with Gasteiger partial charge in [-0.05, 0) is 37.1 Å². The minimum absolute atomic E-state index is 0.202. The first kappa shape index (κ1) is 27.2. The summed E-state index contributed by atoms with van der Waals surface area (Å²) in [7, 11) is -5.58. The molecule has 2 aromatic rings. The normalized spacial score (nSPS) is 12.5. The van der Waals surface area contributed by atoms with E-state index >= 15 is 0 Å². The Balaban J connectivity index is 2.26. The van der Waals surface area contributed by atoms with Crippen LogP contribution in [0.4, 0.5) is 0 Å². The van der Waals surface area contributed by atoms with Crippen LogP contribution in [0.3, 0.4) is 0 Å². The monoisotopic (exact) mass is 516 g/mol. The Kier molecular flexibility index (Phi) is 11.6. The average Bonchev–Trinajstić information content (AvgIpc) is 2.81. The molecule has 32 heavy (non-hydrogen) atoms. The van der Waals surface area contributed by atoms with Crippen LogP contribution in [0.25, 0.3) is 0 Å². The fourth-order valence-corrected chi connectivity index (χ4v) is 9.62. The summed E-state index contributed by atoms with van der Waals surface area (Å²) in [6.45, 7) is 4.74. The van der Waals surface area contributed by atoms with Gasteiger partial charge in [0.05, 0.1) is 9.79 Å². The second-order valence-electron chi connectivity index (χ2n) is 7.25. The lowest BCUT2D eigenvalue weighted by atomic mass is 10.3. The number of hydrogen-bond acceptors (Lipinski definition) is 6. The molecule has 0 bridgehead atoms. The topological polar surface area (TPSA) is 74.8 Å². The first-order chi connectivity index (χ1) is 15.3. The zero-order valence-electron chi connectivity index (χ0n) is 18.6. The van der Waals surface area contributed by atoms with Crippen molar-refractivity contribution < 1.29 is 16.8 Å². The predicted molar refractivity (Wildman–Crippen MR) is 135 cm³/mol. The molecule has 0 saturated carbocycles. The zero-order valence-corrected chi connectivity index (χ0v) is 21.9. The predicted octanol–water partition coefficient (Wildman–Crippen LogP) is 5.96. The van der Waals surface area contributed by atoms with Crippen LogP contribution in [0.1, 0.15) is 52.4 Å². The molecule has 0 aromatic heterocycles. The minimum atomic E-state index is -3.76. The highest BCUT2D eigenvalue weighted by atomic mass is 33.1. The van der Waals surface area contributed by atoms with E-state index in [0.717, 1.165) is 47.6 Å². The number of nitrogens with zero attached hydrogens (tertiary/aromatic N) is 2. The van der Waals surface area contributed by atoms with Crippen LogP contribution in [-0.2, 0) is 20.0 Å². The quantitative estimate of drug-likeness (QED) is 0.165. The highest BCUT2D eigenvalue weighted by molar-refractivity contribution is 8.76. The van der Waals surface area contributed by atoms with Crippen LogP contribution in [-0.4, -0.2) is 37.3 Å². The molecule has 0 aliphatic rings. The van der Waals surface area contributed by atoms with Gasteiger partial charge in [-0.25, -0.2) is 16.8 Å². The summed E-state index contributed by atoms with van der Waals surface area (Å²) in [6.07, 6.45) is 5.13. The van der Waals surface area contributed by atoms with Crippen molar-refractivity contribution in [1.29, 1.82) is 0 Å². The van der Waals surface area contributed by atoms with E-state index in [1.54, 1.807) is 60.7 Å². The van der Waals surface area contributed by atoms with E-state index in [1.165, 1.54) is 7.42 Å². The van der Waals surface area contributed by atoms with Gasteiger partial charge in [0.15, 0.2) is 0 Å². The Morgan fingerprint density at radius 2 is 0.938 bits per heavy atom. The first-order valence-electron chi connectivity index (χ1n) is 10.8. The van der Waals surface area contributed by atoms with E-state index in [2.05, 4.69) is 13.8 Å². The molecule has 0 N–H and O–H groups in total. The molecule has 10 heteroatoms. The summed E-state index contributed by atoms with van der Waals surface area (Å²) in [4.78, 5) is 0.404. The molecule has 6 nitrogen and oxygen atoms in total.